The van der Waals surface area contributed by atoms with Crippen LogP contribution in [0, 0.1) is 0 Å². The summed E-state index contributed by atoms with van der Waals surface area (Å²) in [5, 5.41) is 9.72. The normalized spacial score (nSPS) is 11.3. The average molecular weight is 317 g/mol. The Morgan fingerprint density at radius 2 is 1.64 bits per heavy atom. The lowest BCUT2D eigenvalue weighted by molar-refractivity contribution is -0.131. The Morgan fingerprint density at radius 3 is 2.14 bits per heavy atom. The fourth-order valence-corrected chi connectivity index (χ4v) is 2.16. The molecular formula is C18H17ClO3. The van der Waals surface area contributed by atoms with Crippen molar-refractivity contribution in [2.24, 2.45) is 0 Å². The number of ether oxygens (including phenoxy) is 1. The molecule has 4 heteroatoms. The monoisotopic (exact) mass is 316 g/mol. The Bertz CT molecular complexity index is 658. The molecule has 0 fully saturated rings. The van der Waals surface area contributed by atoms with E-state index in [1.165, 1.54) is 6.08 Å². The first-order valence-corrected chi connectivity index (χ1v) is 7.41. The van der Waals surface area contributed by atoms with Gasteiger partial charge in [0.1, 0.15) is 5.75 Å². The summed E-state index contributed by atoms with van der Waals surface area (Å²) in [5.74, 6) is -0.215. The highest BCUT2D eigenvalue weighted by molar-refractivity contribution is 6.30. The first-order chi connectivity index (χ1) is 10.6. The van der Waals surface area contributed by atoms with E-state index in [1.54, 1.807) is 24.3 Å². The zero-order valence-electron chi connectivity index (χ0n) is 12.3. The van der Waals surface area contributed by atoms with Gasteiger partial charge in [0.05, 0.1) is 6.61 Å². The predicted molar refractivity (Wildman–Crippen MR) is 88.4 cm³/mol. The molecule has 0 bridgehead atoms. The van der Waals surface area contributed by atoms with Gasteiger partial charge in [0.25, 0.3) is 0 Å². The van der Waals surface area contributed by atoms with Crippen molar-refractivity contribution in [1.29, 1.82) is 0 Å². The first-order valence-electron chi connectivity index (χ1n) is 7.04. The molecule has 22 heavy (non-hydrogen) atoms. The van der Waals surface area contributed by atoms with Crippen molar-refractivity contribution < 1.29 is 14.6 Å². The van der Waals surface area contributed by atoms with Crippen LogP contribution in [0.3, 0.4) is 0 Å². The summed E-state index contributed by atoms with van der Waals surface area (Å²) in [5.41, 5.74) is 2.24. The number of aliphatic carboxylic acids is 1. The molecule has 0 radical (unpaired) electrons. The molecule has 2 aromatic carbocycles. The Morgan fingerprint density at radius 1 is 1.09 bits per heavy atom. The first kappa shape index (κ1) is 16.1. The van der Waals surface area contributed by atoms with Gasteiger partial charge in [-0.05, 0) is 47.4 Å². The maximum Gasteiger partial charge on any atom is 0.328 e. The molecule has 1 N–H and O–H groups in total. The zero-order valence-corrected chi connectivity index (χ0v) is 13.0. The summed E-state index contributed by atoms with van der Waals surface area (Å²) in [4.78, 5) is 11.1. The number of benzene rings is 2. The van der Waals surface area contributed by atoms with Crippen LogP contribution < -0.4 is 4.74 Å². The van der Waals surface area contributed by atoms with E-state index in [0.29, 0.717) is 17.2 Å². The minimum absolute atomic E-state index is 0.613. The maximum absolute atomic E-state index is 11.1. The molecule has 0 heterocycles. The van der Waals surface area contributed by atoms with E-state index < -0.39 is 5.97 Å². The van der Waals surface area contributed by atoms with Gasteiger partial charge in [-0.25, -0.2) is 4.79 Å². The second-order valence-electron chi connectivity index (χ2n) is 4.78. The molecule has 2 rings (SSSR count). The molecule has 0 aliphatic rings. The highest BCUT2D eigenvalue weighted by Crippen LogP contribution is 2.26. The molecule has 3 nitrogen and oxygen atoms in total. The van der Waals surface area contributed by atoms with Crippen molar-refractivity contribution in [3.8, 4) is 5.75 Å². The number of hydrogen-bond donors (Lipinski definition) is 1. The minimum atomic E-state index is -0.990. The van der Waals surface area contributed by atoms with Crippen molar-refractivity contribution in [1.82, 2.24) is 0 Å². The van der Waals surface area contributed by atoms with Crippen molar-refractivity contribution in [2.45, 2.75) is 13.3 Å². The molecule has 114 valence electrons. The molecule has 0 aliphatic heterocycles. The third-order valence-corrected chi connectivity index (χ3v) is 3.31. The van der Waals surface area contributed by atoms with Crippen molar-refractivity contribution >= 4 is 23.1 Å². The maximum atomic E-state index is 11.1. The number of carbonyl (C=O) groups is 1. The van der Waals surface area contributed by atoms with E-state index in [0.717, 1.165) is 23.3 Å². The number of hydrogen-bond acceptors (Lipinski definition) is 2. The second-order valence-corrected chi connectivity index (χ2v) is 5.21. The molecule has 0 amide bonds. The summed E-state index contributed by atoms with van der Waals surface area (Å²) >= 11 is 5.89. The summed E-state index contributed by atoms with van der Waals surface area (Å²) < 4.78 is 5.54. The summed E-state index contributed by atoms with van der Waals surface area (Å²) in [7, 11) is 0. The number of carboxylic acids is 1. The molecular weight excluding hydrogens is 300 g/mol. The SMILES string of the molecule is CCCOc1ccc(/C(=C/C(=O)O)c2ccc(Cl)cc2)cc1. The van der Waals surface area contributed by atoms with Crippen LogP contribution in [0.15, 0.2) is 54.6 Å². The van der Waals surface area contributed by atoms with Crippen LogP contribution in [0.1, 0.15) is 24.5 Å². The largest absolute Gasteiger partial charge is 0.494 e. The van der Waals surface area contributed by atoms with Crippen LogP contribution in [0.4, 0.5) is 0 Å². The quantitative estimate of drug-likeness (QED) is 0.789. The molecule has 0 aliphatic carbocycles. The average Bonchev–Trinajstić information content (AvgIpc) is 2.52. The Kier molecular flexibility index (Phi) is 5.61. The fourth-order valence-electron chi connectivity index (χ4n) is 2.04. The van der Waals surface area contributed by atoms with Crippen LogP contribution in [-0.4, -0.2) is 17.7 Å². The lowest BCUT2D eigenvalue weighted by atomic mass is 9.97. The van der Waals surface area contributed by atoms with Crippen molar-refractivity contribution in [2.75, 3.05) is 6.61 Å². The Balaban J connectivity index is 2.34. The molecule has 0 saturated heterocycles. The smallest absolute Gasteiger partial charge is 0.328 e. The van der Waals surface area contributed by atoms with Gasteiger partial charge in [0.15, 0.2) is 0 Å². The standard InChI is InChI=1S/C18H17ClO3/c1-2-11-22-16-9-5-14(6-10-16)17(12-18(20)21)13-3-7-15(19)8-4-13/h3-10,12H,2,11H2,1H3,(H,20,21)/b17-12+. The van der Waals surface area contributed by atoms with Crippen LogP contribution in [0.25, 0.3) is 5.57 Å². The number of halogens is 1. The lowest BCUT2D eigenvalue weighted by Crippen LogP contribution is -1.97. The van der Waals surface area contributed by atoms with Crippen LogP contribution in [0.2, 0.25) is 5.02 Å². The molecule has 0 atom stereocenters. The van der Waals surface area contributed by atoms with Gasteiger partial charge in [0.2, 0.25) is 0 Å². The van der Waals surface area contributed by atoms with Gasteiger partial charge >= 0.3 is 5.97 Å². The predicted octanol–water partition coefficient (Wildman–Crippen LogP) is 4.65. The molecule has 0 aromatic heterocycles. The molecule has 2 aromatic rings. The zero-order chi connectivity index (χ0) is 15.9. The van der Waals surface area contributed by atoms with E-state index in [9.17, 15) is 4.79 Å². The third kappa shape index (κ3) is 4.37. The summed E-state index contributed by atoms with van der Waals surface area (Å²) in [6.45, 7) is 2.71. The van der Waals surface area contributed by atoms with Gasteiger partial charge < -0.3 is 9.84 Å². The Labute approximate surface area is 134 Å². The highest BCUT2D eigenvalue weighted by atomic mass is 35.5. The van der Waals surface area contributed by atoms with Crippen LogP contribution >= 0.6 is 11.6 Å². The van der Waals surface area contributed by atoms with Crippen molar-refractivity contribution in [3.63, 3.8) is 0 Å². The van der Waals surface area contributed by atoms with E-state index in [-0.39, 0.29) is 0 Å². The third-order valence-electron chi connectivity index (χ3n) is 3.06. The highest BCUT2D eigenvalue weighted by Gasteiger charge is 2.08. The fraction of sp³-hybridized carbons (Fsp3) is 0.167. The second kappa shape index (κ2) is 7.66. The molecule has 0 spiro atoms. The van der Waals surface area contributed by atoms with Gasteiger partial charge in [-0.2, -0.15) is 0 Å². The van der Waals surface area contributed by atoms with E-state index in [2.05, 4.69) is 0 Å². The van der Waals surface area contributed by atoms with Crippen LogP contribution in [-0.2, 0) is 4.79 Å². The number of carboxylic acid groups (broad SMARTS) is 1. The van der Waals surface area contributed by atoms with E-state index in [4.69, 9.17) is 21.4 Å². The van der Waals surface area contributed by atoms with E-state index >= 15 is 0 Å². The van der Waals surface area contributed by atoms with Crippen molar-refractivity contribution in [3.05, 3.63) is 70.8 Å². The van der Waals surface area contributed by atoms with Gasteiger partial charge in [0, 0.05) is 11.1 Å². The van der Waals surface area contributed by atoms with Gasteiger partial charge in [-0.15, -0.1) is 0 Å². The Hall–Kier alpha value is -2.26. The number of rotatable bonds is 6. The van der Waals surface area contributed by atoms with Gasteiger partial charge in [-0.3, -0.25) is 0 Å². The van der Waals surface area contributed by atoms with E-state index in [1.807, 2.05) is 31.2 Å². The molecule has 0 unspecified atom stereocenters. The van der Waals surface area contributed by atoms with Gasteiger partial charge in [-0.1, -0.05) is 42.8 Å². The summed E-state index contributed by atoms with van der Waals surface area (Å²) in [6.07, 6.45) is 2.14. The minimum Gasteiger partial charge on any atom is -0.494 e. The molecule has 0 saturated carbocycles. The van der Waals surface area contributed by atoms with Crippen LogP contribution in [0.5, 0.6) is 5.75 Å². The topological polar surface area (TPSA) is 46.5 Å². The lowest BCUT2D eigenvalue weighted by Gasteiger charge is -2.10. The summed E-state index contributed by atoms with van der Waals surface area (Å²) in [6, 6.07) is 14.5.